The molecule has 2 aromatic rings. The third-order valence-electron chi connectivity index (χ3n) is 2.87. The highest BCUT2D eigenvalue weighted by atomic mass is 32.1. The van der Waals surface area contributed by atoms with Crippen LogP contribution in [0.15, 0.2) is 30.3 Å². The molecule has 0 fully saturated rings. The first kappa shape index (κ1) is 14.3. The first-order valence-corrected chi connectivity index (χ1v) is 7.09. The van der Waals surface area contributed by atoms with Gasteiger partial charge in [-0.25, -0.2) is 0 Å². The number of thiophene rings is 1. The van der Waals surface area contributed by atoms with Crippen LogP contribution in [0.25, 0.3) is 0 Å². The summed E-state index contributed by atoms with van der Waals surface area (Å²) in [5.74, 6) is 5.66. The van der Waals surface area contributed by atoms with Crippen LogP contribution in [0.5, 0.6) is 0 Å². The third kappa shape index (κ3) is 3.47. The van der Waals surface area contributed by atoms with Crippen LogP contribution in [0, 0.1) is 25.7 Å². The summed E-state index contributed by atoms with van der Waals surface area (Å²) in [4.78, 5) is 14.0. The summed E-state index contributed by atoms with van der Waals surface area (Å²) in [6.45, 7) is 4.37. The van der Waals surface area contributed by atoms with Gasteiger partial charge < -0.3 is 11.1 Å². The number of benzene rings is 1. The highest BCUT2D eigenvalue weighted by Crippen LogP contribution is 2.21. The lowest BCUT2D eigenvalue weighted by atomic mass is 10.2. The zero-order valence-corrected chi connectivity index (χ0v) is 12.3. The fourth-order valence-corrected chi connectivity index (χ4v) is 2.60. The van der Waals surface area contributed by atoms with Gasteiger partial charge in [-0.2, -0.15) is 0 Å². The summed E-state index contributed by atoms with van der Waals surface area (Å²) in [5, 5.41) is 2.88. The predicted octanol–water partition coefficient (Wildman–Crippen LogP) is 2.93. The van der Waals surface area contributed by atoms with Gasteiger partial charge in [0.25, 0.3) is 5.91 Å². The number of hydrogen-bond donors (Lipinski definition) is 2. The van der Waals surface area contributed by atoms with Gasteiger partial charge in [-0.15, -0.1) is 11.3 Å². The highest BCUT2D eigenvalue weighted by molar-refractivity contribution is 7.14. The Bertz CT molecular complexity index is 655. The van der Waals surface area contributed by atoms with E-state index in [4.69, 9.17) is 5.73 Å². The van der Waals surface area contributed by atoms with Gasteiger partial charge in [-0.05, 0) is 49.7 Å². The minimum absolute atomic E-state index is 0.0769. The smallest absolute Gasteiger partial charge is 0.265 e. The van der Waals surface area contributed by atoms with Gasteiger partial charge in [0.05, 0.1) is 11.4 Å². The van der Waals surface area contributed by atoms with Crippen molar-refractivity contribution in [3.8, 4) is 11.8 Å². The van der Waals surface area contributed by atoms with Crippen molar-refractivity contribution in [2.75, 3.05) is 11.9 Å². The Morgan fingerprint density at radius 2 is 2.00 bits per heavy atom. The zero-order chi connectivity index (χ0) is 14.5. The molecule has 1 amide bonds. The number of nitrogens with two attached hydrogens (primary N) is 1. The molecule has 0 saturated carbocycles. The van der Waals surface area contributed by atoms with E-state index in [2.05, 4.69) is 17.2 Å². The van der Waals surface area contributed by atoms with E-state index < -0.39 is 0 Å². The van der Waals surface area contributed by atoms with Crippen molar-refractivity contribution in [1.29, 1.82) is 0 Å². The predicted molar refractivity (Wildman–Crippen MR) is 84.1 cm³/mol. The summed E-state index contributed by atoms with van der Waals surface area (Å²) in [5.41, 5.74) is 8.11. The molecule has 1 heterocycles. The number of amides is 1. The van der Waals surface area contributed by atoms with Crippen molar-refractivity contribution in [2.24, 2.45) is 5.73 Å². The minimum Gasteiger partial charge on any atom is -0.321 e. The van der Waals surface area contributed by atoms with E-state index in [1.54, 1.807) is 0 Å². The first-order valence-electron chi connectivity index (χ1n) is 6.27. The van der Waals surface area contributed by atoms with E-state index >= 15 is 0 Å². The van der Waals surface area contributed by atoms with Gasteiger partial charge in [0.2, 0.25) is 0 Å². The fourth-order valence-electron chi connectivity index (χ4n) is 1.67. The van der Waals surface area contributed by atoms with E-state index in [-0.39, 0.29) is 5.91 Å². The van der Waals surface area contributed by atoms with Crippen molar-refractivity contribution >= 4 is 22.9 Å². The molecule has 1 aromatic carbocycles. The minimum atomic E-state index is -0.0769. The van der Waals surface area contributed by atoms with Crippen molar-refractivity contribution in [3.63, 3.8) is 0 Å². The maximum atomic E-state index is 12.1. The molecular weight excluding hydrogens is 268 g/mol. The Balaban J connectivity index is 2.08. The standard InChI is InChI=1S/C16H16N2OS/c1-11-10-15(20-12(11)2)16(19)18-14-7-5-13(6-8-14)4-3-9-17/h5-8,10H,9,17H2,1-2H3,(H,18,19). The van der Waals surface area contributed by atoms with Crippen LogP contribution in [0.3, 0.4) is 0 Å². The van der Waals surface area contributed by atoms with Gasteiger partial charge in [0.1, 0.15) is 0 Å². The van der Waals surface area contributed by atoms with Gasteiger partial charge in [-0.1, -0.05) is 11.8 Å². The number of hydrogen-bond acceptors (Lipinski definition) is 3. The fraction of sp³-hybridized carbons (Fsp3) is 0.188. The summed E-state index contributed by atoms with van der Waals surface area (Å²) < 4.78 is 0. The Morgan fingerprint density at radius 3 is 2.55 bits per heavy atom. The van der Waals surface area contributed by atoms with Crippen molar-refractivity contribution in [2.45, 2.75) is 13.8 Å². The normalized spacial score (nSPS) is 9.75. The van der Waals surface area contributed by atoms with Crippen LogP contribution in [-0.2, 0) is 0 Å². The molecule has 0 bridgehead atoms. The highest BCUT2D eigenvalue weighted by Gasteiger charge is 2.10. The molecule has 0 radical (unpaired) electrons. The average Bonchev–Trinajstić information content (AvgIpc) is 2.78. The molecule has 4 heteroatoms. The molecule has 0 spiro atoms. The van der Waals surface area contributed by atoms with E-state index in [1.165, 1.54) is 16.2 Å². The lowest BCUT2D eigenvalue weighted by molar-refractivity contribution is 0.103. The van der Waals surface area contributed by atoms with E-state index in [0.29, 0.717) is 6.54 Å². The summed E-state index contributed by atoms with van der Waals surface area (Å²) in [6.07, 6.45) is 0. The number of rotatable bonds is 2. The van der Waals surface area contributed by atoms with Crippen LogP contribution >= 0.6 is 11.3 Å². The molecule has 3 N–H and O–H groups in total. The maximum Gasteiger partial charge on any atom is 0.265 e. The zero-order valence-electron chi connectivity index (χ0n) is 11.5. The van der Waals surface area contributed by atoms with Crippen LogP contribution in [0.4, 0.5) is 5.69 Å². The number of anilines is 1. The number of carbonyl (C=O) groups is 1. The SMILES string of the molecule is Cc1cc(C(=O)Nc2ccc(C#CCN)cc2)sc1C. The monoisotopic (exact) mass is 284 g/mol. The van der Waals surface area contributed by atoms with Crippen LogP contribution in [0.2, 0.25) is 0 Å². The van der Waals surface area contributed by atoms with E-state index in [0.717, 1.165) is 21.7 Å². The Morgan fingerprint density at radius 1 is 1.30 bits per heavy atom. The second-order valence-corrected chi connectivity index (χ2v) is 5.64. The van der Waals surface area contributed by atoms with Crippen molar-refractivity contribution < 1.29 is 4.79 Å². The summed E-state index contributed by atoms with van der Waals surface area (Å²) >= 11 is 1.51. The topological polar surface area (TPSA) is 55.1 Å². The van der Waals surface area contributed by atoms with Crippen molar-refractivity contribution in [3.05, 3.63) is 51.2 Å². The van der Waals surface area contributed by atoms with Crippen LogP contribution in [0.1, 0.15) is 25.7 Å². The first-order chi connectivity index (χ1) is 9.60. The van der Waals surface area contributed by atoms with Crippen molar-refractivity contribution in [1.82, 2.24) is 0 Å². The van der Waals surface area contributed by atoms with E-state index in [1.807, 2.05) is 44.2 Å². The molecular formula is C16H16N2OS. The summed E-state index contributed by atoms with van der Waals surface area (Å²) in [6, 6.07) is 9.32. The van der Waals surface area contributed by atoms with Gasteiger partial charge in [0.15, 0.2) is 0 Å². The third-order valence-corrected chi connectivity index (χ3v) is 4.02. The molecule has 0 aliphatic heterocycles. The number of nitrogens with one attached hydrogen (secondary N) is 1. The Hall–Kier alpha value is -2.09. The van der Waals surface area contributed by atoms with Crippen LogP contribution in [-0.4, -0.2) is 12.5 Å². The molecule has 0 atom stereocenters. The largest absolute Gasteiger partial charge is 0.321 e. The molecule has 0 saturated heterocycles. The molecule has 0 aliphatic rings. The maximum absolute atomic E-state index is 12.1. The summed E-state index contributed by atoms with van der Waals surface area (Å²) in [7, 11) is 0. The molecule has 2 rings (SSSR count). The number of aryl methyl sites for hydroxylation is 2. The molecule has 3 nitrogen and oxygen atoms in total. The number of carbonyl (C=O) groups excluding carboxylic acids is 1. The van der Waals surface area contributed by atoms with Gasteiger partial charge in [0, 0.05) is 16.1 Å². The van der Waals surface area contributed by atoms with Gasteiger partial charge in [-0.3, -0.25) is 4.79 Å². The quantitative estimate of drug-likeness (QED) is 0.833. The molecule has 0 aliphatic carbocycles. The Kier molecular flexibility index (Phi) is 4.57. The molecule has 0 unspecified atom stereocenters. The molecule has 102 valence electrons. The van der Waals surface area contributed by atoms with Crippen LogP contribution < -0.4 is 11.1 Å². The average molecular weight is 284 g/mol. The Labute approximate surface area is 122 Å². The second kappa shape index (κ2) is 6.38. The molecule has 1 aromatic heterocycles. The lowest BCUT2D eigenvalue weighted by Gasteiger charge is -2.03. The lowest BCUT2D eigenvalue weighted by Crippen LogP contribution is -2.09. The van der Waals surface area contributed by atoms with E-state index in [9.17, 15) is 4.79 Å². The second-order valence-electron chi connectivity index (χ2n) is 4.39. The van der Waals surface area contributed by atoms with Gasteiger partial charge >= 0.3 is 0 Å². The molecule has 20 heavy (non-hydrogen) atoms.